The van der Waals surface area contributed by atoms with Gasteiger partial charge >= 0.3 is 6.18 Å². The molecule has 1 aliphatic rings. The zero-order chi connectivity index (χ0) is 21.2. The van der Waals surface area contributed by atoms with Crippen LogP contribution in [0.5, 0.6) is 0 Å². The van der Waals surface area contributed by atoms with Gasteiger partial charge in [0.1, 0.15) is 0 Å². The van der Waals surface area contributed by atoms with Crippen molar-refractivity contribution in [3.05, 3.63) is 77.4 Å². The van der Waals surface area contributed by atoms with Gasteiger partial charge in [-0.15, -0.1) is 0 Å². The molecule has 0 saturated heterocycles. The Morgan fingerprint density at radius 2 is 1.62 bits per heavy atom. The van der Waals surface area contributed by atoms with E-state index in [4.69, 9.17) is 5.14 Å². The molecule has 0 spiro atoms. The van der Waals surface area contributed by atoms with Crippen molar-refractivity contribution in [2.75, 3.05) is 11.4 Å². The highest BCUT2D eigenvalue weighted by Crippen LogP contribution is 2.35. The van der Waals surface area contributed by atoms with E-state index >= 15 is 0 Å². The maximum Gasteiger partial charge on any atom is 0.416 e. The van der Waals surface area contributed by atoms with E-state index in [2.05, 4.69) is 0 Å². The van der Waals surface area contributed by atoms with E-state index in [0.29, 0.717) is 29.9 Å². The second-order valence-corrected chi connectivity index (χ2v) is 8.45. The third-order valence-electron chi connectivity index (χ3n) is 4.68. The number of allylic oxidation sites excluding steroid dienone is 3. The molecule has 2 aromatic carbocycles. The van der Waals surface area contributed by atoms with Crippen LogP contribution in [-0.4, -0.2) is 21.1 Å². The molecular weight excluding hydrogens is 401 g/mol. The molecule has 0 saturated carbocycles. The summed E-state index contributed by atoms with van der Waals surface area (Å²) in [5.74, 6) is 0. The average molecular weight is 422 g/mol. The summed E-state index contributed by atoms with van der Waals surface area (Å²) in [6.07, 6.45) is -1.29. The van der Waals surface area contributed by atoms with Gasteiger partial charge in [-0.05, 0) is 55.7 Å². The standard InChI is InChI=1S/C21H21F3N2O2S/c1-15-5-7-16(8-6-15)20-14-17(21(22,23)24)4-2-3-13-26(20)18-9-11-19(12-10-18)29(25,27)28/h4-12,14H,2-3,13H2,1H3,(H2,25,27,28). The largest absolute Gasteiger partial charge is 0.416 e. The Morgan fingerprint density at radius 1 is 1.00 bits per heavy atom. The van der Waals surface area contributed by atoms with Crippen molar-refractivity contribution in [3.8, 4) is 0 Å². The maximum absolute atomic E-state index is 13.5. The first kappa shape index (κ1) is 21.1. The predicted molar refractivity (Wildman–Crippen MR) is 108 cm³/mol. The zero-order valence-electron chi connectivity index (χ0n) is 15.8. The summed E-state index contributed by atoms with van der Waals surface area (Å²) in [6, 6.07) is 13.1. The summed E-state index contributed by atoms with van der Waals surface area (Å²) >= 11 is 0. The van der Waals surface area contributed by atoms with Gasteiger partial charge in [0, 0.05) is 17.9 Å². The Morgan fingerprint density at radius 3 is 2.17 bits per heavy atom. The van der Waals surface area contributed by atoms with Crippen LogP contribution in [-0.2, 0) is 10.0 Å². The number of aryl methyl sites for hydroxylation is 1. The van der Waals surface area contributed by atoms with Crippen LogP contribution in [0.1, 0.15) is 24.0 Å². The van der Waals surface area contributed by atoms with Crippen LogP contribution in [0.25, 0.3) is 5.70 Å². The van der Waals surface area contributed by atoms with E-state index in [-0.39, 0.29) is 11.3 Å². The molecule has 8 heteroatoms. The number of rotatable bonds is 3. The molecule has 4 nitrogen and oxygen atoms in total. The summed E-state index contributed by atoms with van der Waals surface area (Å²) in [7, 11) is -3.85. The highest BCUT2D eigenvalue weighted by atomic mass is 32.2. The van der Waals surface area contributed by atoms with Crippen LogP contribution in [0.2, 0.25) is 0 Å². The molecule has 0 fully saturated rings. The Labute approximate surface area is 168 Å². The molecule has 3 rings (SSSR count). The molecule has 0 bridgehead atoms. The van der Waals surface area contributed by atoms with Gasteiger partial charge in [0.25, 0.3) is 0 Å². The Bertz CT molecular complexity index is 1040. The Kier molecular flexibility index (Phi) is 5.86. The third-order valence-corrected chi connectivity index (χ3v) is 5.61. The number of hydrogen-bond acceptors (Lipinski definition) is 3. The number of nitrogens with zero attached hydrogens (tertiary/aromatic N) is 1. The number of benzene rings is 2. The summed E-state index contributed by atoms with van der Waals surface area (Å²) in [4.78, 5) is 1.72. The van der Waals surface area contributed by atoms with Gasteiger partial charge < -0.3 is 4.90 Å². The smallest absolute Gasteiger partial charge is 0.341 e. The lowest BCUT2D eigenvalue weighted by atomic mass is 10.0. The van der Waals surface area contributed by atoms with Gasteiger partial charge in [0.05, 0.1) is 10.5 Å². The fraction of sp³-hybridized carbons (Fsp3) is 0.238. The highest BCUT2D eigenvalue weighted by molar-refractivity contribution is 7.89. The SMILES string of the molecule is Cc1ccc(C2=CC(C(F)(F)F)=CCCCN2c2ccc(S(N)(=O)=O)cc2)cc1. The third kappa shape index (κ3) is 5.07. The van der Waals surface area contributed by atoms with Crippen LogP contribution < -0.4 is 10.0 Å². The average Bonchev–Trinajstić information content (AvgIpc) is 2.61. The van der Waals surface area contributed by atoms with Gasteiger partial charge in [-0.1, -0.05) is 35.9 Å². The normalized spacial score (nSPS) is 16.0. The molecule has 154 valence electrons. The van der Waals surface area contributed by atoms with E-state index in [0.717, 1.165) is 11.6 Å². The molecule has 2 N–H and O–H groups in total. The number of nitrogens with two attached hydrogens (primary N) is 1. The molecule has 1 aliphatic heterocycles. The maximum atomic E-state index is 13.5. The van der Waals surface area contributed by atoms with E-state index in [1.807, 2.05) is 19.1 Å². The van der Waals surface area contributed by atoms with E-state index in [1.54, 1.807) is 29.2 Å². The van der Waals surface area contributed by atoms with Crippen LogP contribution in [0.3, 0.4) is 0 Å². The molecule has 29 heavy (non-hydrogen) atoms. The number of primary sulfonamides is 1. The number of anilines is 1. The number of hydrogen-bond donors (Lipinski definition) is 1. The molecule has 0 aromatic heterocycles. The van der Waals surface area contributed by atoms with Crippen molar-refractivity contribution >= 4 is 21.4 Å². The number of halogens is 3. The van der Waals surface area contributed by atoms with Crippen molar-refractivity contribution in [2.24, 2.45) is 5.14 Å². The van der Waals surface area contributed by atoms with Crippen molar-refractivity contribution in [2.45, 2.75) is 30.8 Å². The molecular formula is C21H21F3N2O2S. The minimum Gasteiger partial charge on any atom is -0.341 e. The quantitative estimate of drug-likeness (QED) is 0.775. The molecule has 2 aromatic rings. The van der Waals surface area contributed by atoms with Crippen LogP contribution >= 0.6 is 0 Å². The topological polar surface area (TPSA) is 63.4 Å². The van der Waals surface area contributed by atoms with Crippen LogP contribution in [0.15, 0.2) is 71.2 Å². The first-order valence-electron chi connectivity index (χ1n) is 9.02. The monoisotopic (exact) mass is 422 g/mol. The van der Waals surface area contributed by atoms with Gasteiger partial charge in [0.15, 0.2) is 0 Å². The number of sulfonamides is 1. The second kappa shape index (κ2) is 8.04. The minimum absolute atomic E-state index is 0.0509. The molecule has 0 amide bonds. The van der Waals surface area contributed by atoms with E-state index in [1.165, 1.54) is 18.2 Å². The summed E-state index contributed by atoms with van der Waals surface area (Å²) in [5, 5.41) is 5.14. The van der Waals surface area contributed by atoms with Crippen LogP contribution in [0.4, 0.5) is 18.9 Å². The fourth-order valence-electron chi connectivity index (χ4n) is 3.16. The molecule has 0 atom stereocenters. The van der Waals surface area contributed by atoms with Gasteiger partial charge in [0.2, 0.25) is 10.0 Å². The van der Waals surface area contributed by atoms with E-state index < -0.39 is 21.8 Å². The lowest BCUT2D eigenvalue weighted by Gasteiger charge is -2.30. The predicted octanol–water partition coefficient (Wildman–Crippen LogP) is 4.77. The van der Waals surface area contributed by atoms with Gasteiger partial charge in [-0.25, -0.2) is 13.6 Å². The lowest BCUT2D eigenvalue weighted by molar-refractivity contribution is -0.0884. The molecule has 0 radical (unpaired) electrons. The second-order valence-electron chi connectivity index (χ2n) is 6.89. The Hall–Kier alpha value is -2.58. The summed E-state index contributed by atoms with van der Waals surface area (Å²) in [5.41, 5.74) is 1.93. The fourth-order valence-corrected chi connectivity index (χ4v) is 3.67. The lowest BCUT2D eigenvalue weighted by Crippen LogP contribution is -2.25. The van der Waals surface area contributed by atoms with Crippen molar-refractivity contribution in [1.29, 1.82) is 0 Å². The number of alkyl halides is 3. The van der Waals surface area contributed by atoms with Crippen molar-refractivity contribution in [1.82, 2.24) is 0 Å². The molecule has 0 aliphatic carbocycles. The first-order valence-corrected chi connectivity index (χ1v) is 10.6. The molecule has 1 heterocycles. The van der Waals surface area contributed by atoms with E-state index in [9.17, 15) is 21.6 Å². The zero-order valence-corrected chi connectivity index (χ0v) is 16.6. The minimum atomic E-state index is -4.46. The summed E-state index contributed by atoms with van der Waals surface area (Å²) in [6.45, 7) is 2.39. The van der Waals surface area contributed by atoms with Crippen molar-refractivity contribution < 1.29 is 21.6 Å². The first-order chi connectivity index (χ1) is 13.6. The highest BCUT2D eigenvalue weighted by Gasteiger charge is 2.33. The Balaban J connectivity index is 2.13. The van der Waals surface area contributed by atoms with Crippen molar-refractivity contribution in [3.63, 3.8) is 0 Å². The van der Waals surface area contributed by atoms with Gasteiger partial charge in [-0.2, -0.15) is 13.2 Å². The van der Waals surface area contributed by atoms with Crippen LogP contribution in [0, 0.1) is 6.92 Å². The van der Waals surface area contributed by atoms with Gasteiger partial charge in [-0.3, -0.25) is 0 Å². The molecule has 0 unspecified atom stereocenters. The summed E-state index contributed by atoms with van der Waals surface area (Å²) < 4.78 is 63.6.